The summed E-state index contributed by atoms with van der Waals surface area (Å²) in [5.74, 6) is 0.313. The van der Waals surface area contributed by atoms with Crippen LogP contribution in [0.25, 0.3) is 11.4 Å². The minimum Gasteiger partial charge on any atom is -0.300 e. The van der Waals surface area contributed by atoms with Gasteiger partial charge in [0.15, 0.2) is 15.7 Å². The van der Waals surface area contributed by atoms with Crippen molar-refractivity contribution >= 4 is 57.8 Å². The zero-order valence-electron chi connectivity index (χ0n) is 16.4. The van der Waals surface area contributed by atoms with Crippen molar-refractivity contribution in [1.82, 2.24) is 19.7 Å². The van der Waals surface area contributed by atoms with E-state index in [4.69, 9.17) is 35.4 Å². The van der Waals surface area contributed by atoms with Gasteiger partial charge < -0.3 is 5.32 Å². The second-order valence-electron chi connectivity index (χ2n) is 6.85. The first-order valence-corrected chi connectivity index (χ1v) is 11.3. The van der Waals surface area contributed by atoms with E-state index in [0.717, 1.165) is 26.6 Å². The van der Waals surface area contributed by atoms with E-state index in [0.29, 0.717) is 27.2 Å². The van der Waals surface area contributed by atoms with Crippen molar-refractivity contribution in [2.75, 3.05) is 5.32 Å². The maximum absolute atomic E-state index is 12.6. The molecule has 4 aromatic rings. The van der Waals surface area contributed by atoms with Gasteiger partial charge in [0.2, 0.25) is 5.91 Å². The number of hydrogen-bond acceptors (Lipinski definition) is 5. The Morgan fingerprint density at radius 2 is 2.00 bits per heavy atom. The van der Waals surface area contributed by atoms with Crippen LogP contribution in [0, 0.1) is 11.7 Å². The number of aryl methyl sites for hydroxylation is 1. The monoisotopic (exact) mass is 489 g/mol. The number of H-pyrrole nitrogens is 1. The third-order valence-corrected chi connectivity index (χ3v) is 6.62. The van der Waals surface area contributed by atoms with Crippen LogP contribution in [0.3, 0.4) is 0 Å². The van der Waals surface area contributed by atoms with E-state index in [2.05, 4.69) is 20.5 Å². The largest absolute Gasteiger partial charge is 0.300 e. The zero-order valence-corrected chi connectivity index (χ0v) is 19.5. The van der Waals surface area contributed by atoms with Crippen LogP contribution >= 0.6 is 46.8 Å². The zero-order chi connectivity index (χ0) is 22.0. The maximum Gasteiger partial charge on any atom is 0.246 e. The van der Waals surface area contributed by atoms with Gasteiger partial charge in [-0.2, -0.15) is 5.10 Å². The highest BCUT2D eigenvalue weighted by atomic mass is 35.5. The number of carbonyl (C=O) groups excluding carboxylic acids is 1. The van der Waals surface area contributed by atoms with Crippen LogP contribution < -0.4 is 5.32 Å². The third kappa shape index (κ3) is 5.04. The van der Waals surface area contributed by atoms with Gasteiger partial charge in [0.1, 0.15) is 6.54 Å². The Bertz CT molecular complexity index is 1290. The summed E-state index contributed by atoms with van der Waals surface area (Å²) in [7, 11) is 0. The number of amides is 1. The van der Waals surface area contributed by atoms with Crippen molar-refractivity contribution in [3.63, 3.8) is 0 Å². The Kier molecular flexibility index (Phi) is 6.52. The molecule has 0 bridgehead atoms. The Morgan fingerprint density at radius 3 is 2.77 bits per heavy atom. The van der Waals surface area contributed by atoms with Crippen LogP contribution in [0.2, 0.25) is 10.0 Å². The molecule has 2 heterocycles. The van der Waals surface area contributed by atoms with Gasteiger partial charge in [0.05, 0.1) is 0 Å². The maximum atomic E-state index is 12.6. The molecule has 0 aliphatic rings. The SMILES string of the molecule is Cc1cccc(Cc2cnc(NC(=O)Cn3c(-c4ccc(Cl)cc4)n[nH]c3=S)s2)c1Cl. The first kappa shape index (κ1) is 21.7. The molecule has 0 aliphatic heterocycles. The quantitative estimate of drug-likeness (QED) is 0.330. The number of aromatic amines is 1. The second-order valence-corrected chi connectivity index (χ2v) is 9.17. The fourth-order valence-electron chi connectivity index (χ4n) is 3.07. The lowest BCUT2D eigenvalue weighted by Crippen LogP contribution is -2.19. The molecule has 2 aromatic carbocycles. The van der Waals surface area contributed by atoms with Gasteiger partial charge >= 0.3 is 0 Å². The fourth-order valence-corrected chi connectivity index (χ4v) is 4.43. The molecule has 2 N–H and O–H groups in total. The summed E-state index contributed by atoms with van der Waals surface area (Å²) in [6, 6.07) is 13.1. The number of rotatable bonds is 6. The lowest BCUT2D eigenvalue weighted by atomic mass is 10.1. The summed E-state index contributed by atoms with van der Waals surface area (Å²) in [4.78, 5) is 18.0. The van der Waals surface area contributed by atoms with Crippen LogP contribution in [0.5, 0.6) is 0 Å². The van der Waals surface area contributed by atoms with Crippen LogP contribution in [0.4, 0.5) is 5.13 Å². The lowest BCUT2D eigenvalue weighted by molar-refractivity contribution is -0.116. The van der Waals surface area contributed by atoms with E-state index in [1.165, 1.54) is 11.3 Å². The van der Waals surface area contributed by atoms with Gasteiger partial charge in [-0.15, -0.1) is 11.3 Å². The molecular weight excluding hydrogens is 473 g/mol. The molecule has 0 spiro atoms. The van der Waals surface area contributed by atoms with Gasteiger partial charge in [-0.25, -0.2) is 4.98 Å². The first-order chi connectivity index (χ1) is 14.9. The number of halogens is 2. The predicted octanol–water partition coefficient (Wildman–Crippen LogP) is 5.91. The summed E-state index contributed by atoms with van der Waals surface area (Å²) in [5, 5.41) is 11.7. The molecule has 2 aromatic heterocycles. The first-order valence-electron chi connectivity index (χ1n) is 9.30. The van der Waals surface area contributed by atoms with Gasteiger partial charge in [0.25, 0.3) is 0 Å². The number of hydrogen-bond donors (Lipinski definition) is 2. The molecule has 0 aliphatic carbocycles. The number of nitrogens with zero attached hydrogens (tertiary/aromatic N) is 3. The van der Waals surface area contributed by atoms with Gasteiger partial charge in [-0.05, 0) is 54.5 Å². The fraction of sp³-hybridized carbons (Fsp3) is 0.143. The molecule has 0 unspecified atom stereocenters. The summed E-state index contributed by atoms with van der Waals surface area (Å²) in [5.41, 5.74) is 2.86. The van der Waals surface area contributed by atoms with Crippen molar-refractivity contribution in [2.24, 2.45) is 0 Å². The third-order valence-electron chi connectivity index (χ3n) is 4.60. The lowest BCUT2D eigenvalue weighted by Gasteiger charge is -2.07. The normalized spacial score (nSPS) is 10.9. The van der Waals surface area contributed by atoms with Gasteiger partial charge in [-0.1, -0.05) is 41.4 Å². The van der Waals surface area contributed by atoms with E-state index in [1.807, 2.05) is 37.3 Å². The summed E-state index contributed by atoms with van der Waals surface area (Å²) in [6.07, 6.45) is 2.41. The van der Waals surface area contributed by atoms with E-state index < -0.39 is 0 Å². The van der Waals surface area contributed by atoms with E-state index in [1.54, 1.807) is 22.9 Å². The molecule has 0 saturated heterocycles. The van der Waals surface area contributed by atoms with Crippen molar-refractivity contribution in [3.8, 4) is 11.4 Å². The molecule has 6 nitrogen and oxygen atoms in total. The Morgan fingerprint density at radius 1 is 1.23 bits per heavy atom. The van der Waals surface area contributed by atoms with Gasteiger partial charge in [-0.3, -0.25) is 14.5 Å². The number of aromatic nitrogens is 4. The van der Waals surface area contributed by atoms with Crippen molar-refractivity contribution in [3.05, 3.63) is 79.5 Å². The molecule has 10 heteroatoms. The predicted molar refractivity (Wildman–Crippen MR) is 128 cm³/mol. The Labute approximate surface area is 197 Å². The Balaban J connectivity index is 1.46. The number of carbonyl (C=O) groups is 1. The molecular formula is C21H17Cl2N5OS2. The smallest absolute Gasteiger partial charge is 0.246 e. The van der Waals surface area contributed by atoms with E-state index in [9.17, 15) is 4.79 Å². The molecule has 0 atom stereocenters. The average Bonchev–Trinajstić information content (AvgIpc) is 3.33. The second kappa shape index (κ2) is 9.32. The van der Waals surface area contributed by atoms with Crippen molar-refractivity contribution in [1.29, 1.82) is 0 Å². The number of thiazole rings is 1. The van der Waals surface area contributed by atoms with Gasteiger partial charge in [0, 0.05) is 33.1 Å². The highest BCUT2D eigenvalue weighted by Gasteiger charge is 2.14. The Hall–Kier alpha value is -2.52. The summed E-state index contributed by atoms with van der Waals surface area (Å²) < 4.78 is 1.99. The van der Waals surface area contributed by atoms with Crippen molar-refractivity contribution in [2.45, 2.75) is 19.9 Å². The van der Waals surface area contributed by atoms with E-state index in [-0.39, 0.29) is 12.5 Å². The summed E-state index contributed by atoms with van der Waals surface area (Å²) >= 11 is 19.1. The van der Waals surface area contributed by atoms with E-state index >= 15 is 0 Å². The molecule has 0 radical (unpaired) electrons. The average molecular weight is 490 g/mol. The molecule has 0 saturated carbocycles. The molecule has 4 rings (SSSR count). The minimum atomic E-state index is -0.248. The number of nitrogens with one attached hydrogen (secondary N) is 2. The van der Waals surface area contributed by atoms with Crippen LogP contribution in [-0.4, -0.2) is 25.7 Å². The molecule has 0 fully saturated rings. The topological polar surface area (TPSA) is 75.6 Å². The van der Waals surface area contributed by atoms with Crippen LogP contribution in [0.15, 0.2) is 48.7 Å². The van der Waals surface area contributed by atoms with Crippen LogP contribution in [-0.2, 0) is 17.8 Å². The van der Waals surface area contributed by atoms with Crippen LogP contribution in [0.1, 0.15) is 16.0 Å². The summed E-state index contributed by atoms with van der Waals surface area (Å²) in [6.45, 7) is 1.98. The molecule has 158 valence electrons. The standard InChI is InChI=1S/C21H17Cl2N5OS2/c1-12-3-2-4-14(18(12)23)9-16-10-24-20(31-16)25-17(29)11-28-19(26-27-21(28)30)13-5-7-15(22)8-6-13/h2-8,10H,9,11H2,1H3,(H,27,30)(H,24,25,29). The minimum absolute atomic E-state index is 0.00587. The molecule has 1 amide bonds. The highest BCUT2D eigenvalue weighted by Crippen LogP contribution is 2.27. The number of benzene rings is 2. The number of anilines is 1. The molecule has 31 heavy (non-hydrogen) atoms. The van der Waals surface area contributed by atoms with Crippen molar-refractivity contribution < 1.29 is 4.79 Å². The highest BCUT2D eigenvalue weighted by molar-refractivity contribution is 7.71.